The van der Waals surface area contributed by atoms with Gasteiger partial charge in [0.15, 0.2) is 0 Å². The van der Waals surface area contributed by atoms with Crippen LogP contribution in [0.15, 0.2) is 4.99 Å². The normalized spacial score (nSPS) is 17.0. The number of rotatable bonds is 5. The van der Waals surface area contributed by atoms with Crippen LogP contribution in [0.4, 0.5) is 0 Å². The lowest BCUT2D eigenvalue weighted by atomic mass is 10.3. The molecule has 88 valence electrons. The lowest BCUT2D eigenvalue weighted by Gasteiger charge is -2.25. The molecular formula is C11H24N4. The first-order valence-electron chi connectivity index (χ1n) is 5.96. The summed E-state index contributed by atoms with van der Waals surface area (Å²) in [4.78, 5) is 6.78. The Labute approximate surface area is 92.9 Å². The van der Waals surface area contributed by atoms with E-state index in [1.807, 2.05) is 0 Å². The minimum Gasteiger partial charge on any atom is -0.342 e. The predicted molar refractivity (Wildman–Crippen MR) is 64.5 cm³/mol. The van der Waals surface area contributed by atoms with Gasteiger partial charge in [-0.2, -0.15) is 0 Å². The third-order valence-electron chi connectivity index (χ3n) is 2.48. The number of nitrogens with zero attached hydrogens (tertiary/aromatic N) is 2. The minimum atomic E-state index is 0.287. The van der Waals surface area contributed by atoms with Crippen molar-refractivity contribution in [3.63, 3.8) is 0 Å². The van der Waals surface area contributed by atoms with Crippen LogP contribution in [0, 0.1) is 5.92 Å². The Morgan fingerprint density at radius 1 is 1.53 bits per heavy atom. The van der Waals surface area contributed by atoms with Crippen molar-refractivity contribution in [2.75, 3.05) is 13.1 Å². The Balaban J connectivity index is 2.56. The molecule has 3 N–H and O–H groups in total. The van der Waals surface area contributed by atoms with Crippen molar-refractivity contribution in [1.29, 1.82) is 0 Å². The van der Waals surface area contributed by atoms with Crippen molar-refractivity contribution in [3.05, 3.63) is 0 Å². The van der Waals surface area contributed by atoms with Crippen molar-refractivity contribution < 1.29 is 0 Å². The molecule has 1 fully saturated rings. The van der Waals surface area contributed by atoms with Crippen LogP contribution in [0.5, 0.6) is 0 Å². The Bertz CT molecular complexity index is 209. The molecule has 0 heterocycles. The summed E-state index contributed by atoms with van der Waals surface area (Å²) < 4.78 is 0. The van der Waals surface area contributed by atoms with Crippen LogP contribution < -0.4 is 11.3 Å². The number of guanidine groups is 1. The van der Waals surface area contributed by atoms with Gasteiger partial charge in [0, 0.05) is 19.1 Å². The molecule has 0 aromatic rings. The van der Waals surface area contributed by atoms with E-state index in [0.29, 0.717) is 0 Å². The van der Waals surface area contributed by atoms with Gasteiger partial charge < -0.3 is 4.90 Å². The smallest absolute Gasteiger partial charge is 0.208 e. The van der Waals surface area contributed by atoms with Gasteiger partial charge in [0.05, 0.1) is 0 Å². The summed E-state index contributed by atoms with van der Waals surface area (Å²) >= 11 is 0. The van der Waals surface area contributed by atoms with Gasteiger partial charge in [-0.15, -0.1) is 0 Å². The van der Waals surface area contributed by atoms with E-state index in [4.69, 9.17) is 5.84 Å². The molecule has 4 heteroatoms. The van der Waals surface area contributed by atoms with Crippen LogP contribution in [0.25, 0.3) is 0 Å². The zero-order valence-electron chi connectivity index (χ0n) is 10.2. The van der Waals surface area contributed by atoms with Crippen LogP contribution in [0.2, 0.25) is 0 Å². The number of aliphatic imine (C=N–C) groups is 1. The second kappa shape index (κ2) is 5.95. The second-order valence-corrected chi connectivity index (χ2v) is 4.58. The molecule has 1 saturated carbocycles. The Kier molecular flexibility index (Phi) is 4.88. The van der Waals surface area contributed by atoms with Gasteiger partial charge in [0.1, 0.15) is 0 Å². The summed E-state index contributed by atoms with van der Waals surface area (Å²) in [6.07, 6.45) is 3.85. The van der Waals surface area contributed by atoms with Gasteiger partial charge in [0.25, 0.3) is 0 Å². The molecule has 0 bridgehead atoms. The highest BCUT2D eigenvalue weighted by Crippen LogP contribution is 2.29. The van der Waals surface area contributed by atoms with E-state index < -0.39 is 0 Å². The SMILES string of the molecule is CCCN(CC1CC1)C(=NC(C)C)NN. The van der Waals surface area contributed by atoms with Crippen LogP contribution in [-0.4, -0.2) is 30.0 Å². The highest BCUT2D eigenvalue weighted by molar-refractivity contribution is 5.79. The molecular weight excluding hydrogens is 188 g/mol. The van der Waals surface area contributed by atoms with Crippen molar-refractivity contribution in [1.82, 2.24) is 10.3 Å². The first-order valence-corrected chi connectivity index (χ1v) is 5.96. The topological polar surface area (TPSA) is 53.6 Å². The van der Waals surface area contributed by atoms with Crippen LogP contribution in [-0.2, 0) is 0 Å². The van der Waals surface area contributed by atoms with Crippen molar-refractivity contribution in [2.24, 2.45) is 16.8 Å². The maximum atomic E-state index is 5.53. The summed E-state index contributed by atoms with van der Waals surface area (Å²) in [6.45, 7) is 8.45. The van der Waals surface area contributed by atoms with E-state index in [1.54, 1.807) is 0 Å². The highest BCUT2D eigenvalue weighted by atomic mass is 15.4. The molecule has 0 saturated heterocycles. The first kappa shape index (κ1) is 12.3. The van der Waals surface area contributed by atoms with E-state index in [1.165, 1.54) is 12.8 Å². The molecule has 15 heavy (non-hydrogen) atoms. The summed E-state index contributed by atoms with van der Waals surface area (Å²) in [5, 5.41) is 0. The zero-order chi connectivity index (χ0) is 11.3. The summed E-state index contributed by atoms with van der Waals surface area (Å²) in [7, 11) is 0. The average Bonchev–Trinajstić information content (AvgIpc) is 2.97. The fraction of sp³-hybridized carbons (Fsp3) is 0.909. The van der Waals surface area contributed by atoms with E-state index in [9.17, 15) is 0 Å². The molecule has 0 unspecified atom stereocenters. The van der Waals surface area contributed by atoms with Crippen molar-refractivity contribution in [3.8, 4) is 0 Å². The Morgan fingerprint density at radius 2 is 2.20 bits per heavy atom. The number of hydrogen-bond acceptors (Lipinski definition) is 2. The number of hydrogen-bond donors (Lipinski definition) is 2. The van der Waals surface area contributed by atoms with Gasteiger partial charge in [-0.05, 0) is 39.0 Å². The standard InChI is InChI=1S/C11H24N4/c1-4-7-15(8-10-5-6-10)11(14-12)13-9(2)3/h9-10H,4-8,12H2,1-3H3,(H,13,14). The lowest BCUT2D eigenvalue weighted by molar-refractivity contribution is 0.383. The van der Waals surface area contributed by atoms with Gasteiger partial charge in [-0.3, -0.25) is 5.43 Å². The molecule has 1 aliphatic rings. The molecule has 4 nitrogen and oxygen atoms in total. The fourth-order valence-corrected chi connectivity index (χ4v) is 1.62. The van der Waals surface area contributed by atoms with Crippen LogP contribution >= 0.6 is 0 Å². The van der Waals surface area contributed by atoms with E-state index >= 15 is 0 Å². The van der Waals surface area contributed by atoms with Crippen molar-refractivity contribution in [2.45, 2.75) is 46.1 Å². The third-order valence-corrected chi connectivity index (χ3v) is 2.48. The van der Waals surface area contributed by atoms with E-state index in [2.05, 4.69) is 36.1 Å². The number of nitrogens with one attached hydrogen (secondary N) is 1. The largest absolute Gasteiger partial charge is 0.342 e. The predicted octanol–water partition coefficient (Wildman–Crippen LogP) is 1.34. The zero-order valence-corrected chi connectivity index (χ0v) is 10.2. The molecule has 0 atom stereocenters. The third kappa shape index (κ3) is 4.51. The summed E-state index contributed by atoms with van der Waals surface area (Å²) in [5.41, 5.74) is 2.73. The molecule has 1 aliphatic carbocycles. The second-order valence-electron chi connectivity index (χ2n) is 4.58. The minimum absolute atomic E-state index is 0.287. The van der Waals surface area contributed by atoms with Crippen LogP contribution in [0.3, 0.4) is 0 Å². The van der Waals surface area contributed by atoms with Gasteiger partial charge in [-0.25, -0.2) is 10.8 Å². The van der Waals surface area contributed by atoms with E-state index in [0.717, 1.165) is 31.4 Å². The maximum absolute atomic E-state index is 5.53. The van der Waals surface area contributed by atoms with E-state index in [-0.39, 0.29) is 6.04 Å². The number of hydrazine groups is 1. The molecule has 0 aromatic heterocycles. The lowest BCUT2D eigenvalue weighted by Crippen LogP contribution is -2.46. The monoisotopic (exact) mass is 212 g/mol. The first-order chi connectivity index (χ1) is 7.17. The van der Waals surface area contributed by atoms with Crippen LogP contribution in [0.1, 0.15) is 40.0 Å². The fourth-order valence-electron chi connectivity index (χ4n) is 1.62. The quantitative estimate of drug-likeness (QED) is 0.313. The molecule has 0 aromatic carbocycles. The summed E-state index contributed by atoms with van der Waals surface area (Å²) in [5.74, 6) is 7.24. The highest BCUT2D eigenvalue weighted by Gasteiger charge is 2.25. The number of nitrogens with two attached hydrogens (primary N) is 1. The Morgan fingerprint density at radius 3 is 2.60 bits per heavy atom. The molecule has 0 amide bonds. The molecule has 0 radical (unpaired) electrons. The summed E-state index contributed by atoms with van der Waals surface area (Å²) in [6, 6.07) is 0.287. The van der Waals surface area contributed by atoms with Gasteiger partial charge in [0.2, 0.25) is 5.96 Å². The average molecular weight is 212 g/mol. The van der Waals surface area contributed by atoms with Crippen molar-refractivity contribution >= 4 is 5.96 Å². The maximum Gasteiger partial charge on any atom is 0.208 e. The van der Waals surface area contributed by atoms with Gasteiger partial charge >= 0.3 is 0 Å². The molecule has 0 spiro atoms. The van der Waals surface area contributed by atoms with Gasteiger partial charge in [-0.1, -0.05) is 6.92 Å². The molecule has 1 rings (SSSR count). The molecule has 0 aliphatic heterocycles. The Hall–Kier alpha value is -0.770.